The second-order valence-corrected chi connectivity index (χ2v) is 5.63. The highest BCUT2D eigenvalue weighted by Gasteiger charge is 1.99. The summed E-state index contributed by atoms with van der Waals surface area (Å²) in [6.45, 7) is 3.43. The molecule has 2 rings (SSSR count). The van der Waals surface area contributed by atoms with E-state index in [-0.39, 0.29) is 0 Å². The van der Waals surface area contributed by atoms with Crippen LogP contribution in [0.1, 0.15) is 0 Å². The lowest BCUT2D eigenvalue weighted by Gasteiger charge is -2.08. The predicted molar refractivity (Wildman–Crippen MR) is 90.7 cm³/mol. The van der Waals surface area contributed by atoms with Gasteiger partial charge in [-0.2, -0.15) is 0 Å². The highest BCUT2D eigenvalue weighted by molar-refractivity contribution is 9.10. The molecule has 2 aromatic carbocycles. The first kappa shape index (κ1) is 17.2. The molecule has 0 aliphatic rings. The van der Waals surface area contributed by atoms with Gasteiger partial charge in [-0.1, -0.05) is 28.1 Å². The van der Waals surface area contributed by atoms with Crippen LogP contribution in [0.25, 0.3) is 10.8 Å². The summed E-state index contributed by atoms with van der Waals surface area (Å²) in [6, 6.07) is 12.3. The van der Waals surface area contributed by atoms with E-state index in [0.717, 1.165) is 15.6 Å². The topological polar surface area (TPSA) is 36.9 Å². The fraction of sp³-hybridized carbons (Fsp3) is 0.412. The van der Waals surface area contributed by atoms with Gasteiger partial charge in [-0.25, -0.2) is 0 Å². The van der Waals surface area contributed by atoms with Crippen molar-refractivity contribution in [3.63, 3.8) is 0 Å². The zero-order valence-electron chi connectivity index (χ0n) is 12.7. The number of rotatable bonds is 10. The quantitative estimate of drug-likeness (QED) is 0.599. The molecule has 0 fully saturated rings. The number of hydrogen-bond acceptors (Lipinski definition) is 4. The van der Waals surface area contributed by atoms with Gasteiger partial charge in [-0.05, 0) is 35.0 Å². The van der Waals surface area contributed by atoms with Gasteiger partial charge < -0.3 is 18.9 Å². The summed E-state index contributed by atoms with van der Waals surface area (Å²) in [4.78, 5) is 0. The summed E-state index contributed by atoms with van der Waals surface area (Å²) in [5, 5.41) is 2.35. The Morgan fingerprint density at radius 2 is 1.41 bits per heavy atom. The van der Waals surface area contributed by atoms with Gasteiger partial charge in [0.05, 0.1) is 33.0 Å². The molecule has 0 amide bonds. The van der Waals surface area contributed by atoms with Gasteiger partial charge in [0.15, 0.2) is 0 Å². The zero-order chi connectivity index (χ0) is 15.6. The molecule has 0 aliphatic carbocycles. The van der Waals surface area contributed by atoms with Crippen LogP contribution in [0.5, 0.6) is 5.75 Å². The third kappa shape index (κ3) is 5.93. The Labute approximate surface area is 139 Å². The minimum absolute atomic E-state index is 0.528. The number of fused-ring (bicyclic) bond motifs is 1. The van der Waals surface area contributed by atoms with E-state index in [1.54, 1.807) is 7.11 Å². The largest absolute Gasteiger partial charge is 0.491 e. The van der Waals surface area contributed by atoms with Crippen molar-refractivity contribution in [2.75, 3.05) is 46.8 Å². The van der Waals surface area contributed by atoms with Gasteiger partial charge in [0.2, 0.25) is 0 Å². The van der Waals surface area contributed by atoms with Gasteiger partial charge >= 0.3 is 0 Å². The Morgan fingerprint density at radius 1 is 0.773 bits per heavy atom. The van der Waals surface area contributed by atoms with Crippen LogP contribution in [-0.4, -0.2) is 46.8 Å². The molecule has 0 saturated carbocycles. The molecular formula is C17H21BrO4. The summed E-state index contributed by atoms with van der Waals surface area (Å²) in [5.74, 6) is 0.856. The van der Waals surface area contributed by atoms with E-state index < -0.39 is 0 Å². The lowest BCUT2D eigenvalue weighted by molar-refractivity contribution is 0.0180. The van der Waals surface area contributed by atoms with Crippen LogP contribution < -0.4 is 4.74 Å². The first-order valence-corrected chi connectivity index (χ1v) is 8.05. The molecule has 0 aromatic heterocycles. The molecule has 22 heavy (non-hydrogen) atoms. The average molecular weight is 369 g/mol. The minimum atomic E-state index is 0.528. The van der Waals surface area contributed by atoms with Crippen molar-refractivity contribution >= 4 is 26.7 Å². The second kappa shape index (κ2) is 9.79. The SMILES string of the molecule is COCCOCCOCCOc1ccc2cc(Br)ccc2c1. The van der Waals surface area contributed by atoms with Crippen LogP contribution in [0.2, 0.25) is 0 Å². The maximum Gasteiger partial charge on any atom is 0.120 e. The van der Waals surface area contributed by atoms with Crippen LogP contribution in [0.15, 0.2) is 40.9 Å². The fourth-order valence-electron chi connectivity index (χ4n) is 1.97. The Kier molecular flexibility index (Phi) is 7.66. The third-order valence-corrected chi connectivity index (χ3v) is 3.57. The fourth-order valence-corrected chi connectivity index (χ4v) is 2.35. The van der Waals surface area contributed by atoms with E-state index >= 15 is 0 Å². The zero-order valence-corrected chi connectivity index (χ0v) is 14.3. The number of hydrogen-bond donors (Lipinski definition) is 0. The number of benzene rings is 2. The molecule has 0 atom stereocenters. The van der Waals surface area contributed by atoms with Gasteiger partial charge in [0, 0.05) is 11.6 Å². The van der Waals surface area contributed by atoms with Crippen LogP contribution in [-0.2, 0) is 14.2 Å². The lowest BCUT2D eigenvalue weighted by Crippen LogP contribution is -2.12. The Hall–Kier alpha value is -1.14. The number of methoxy groups -OCH3 is 1. The monoisotopic (exact) mass is 368 g/mol. The average Bonchev–Trinajstić information content (AvgIpc) is 2.53. The van der Waals surface area contributed by atoms with Crippen LogP contribution >= 0.6 is 15.9 Å². The van der Waals surface area contributed by atoms with Crippen molar-refractivity contribution in [1.29, 1.82) is 0 Å². The van der Waals surface area contributed by atoms with Gasteiger partial charge in [0.25, 0.3) is 0 Å². The molecule has 5 heteroatoms. The standard InChI is InChI=1S/C17H21BrO4/c1-19-6-7-20-8-9-21-10-11-22-17-5-3-14-12-16(18)4-2-15(14)13-17/h2-5,12-13H,6-11H2,1H3. The molecular weight excluding hydrogens is 348 g/mol. The van der Waals surface area contributed by atoms with Crippen molar-refractivity contribution in [2.24, 2.45) is 0 Å². The van der Waals surface area contributed by atoms with E-state index in [9.17, 15) is 0 Å². The van der Waals surface area contributed by atoms with E-state index in [4.69, 9.17) is 18.9 Å². The van der Waals surface area contributed by atoms with Gasteiger partial charge in [-0.3, -0.25) is 0 Å². The van der Waals surface area contributed by atoms with Gasteiger partial charge in [0.1, 0.15) is 12.4 Å². The molecule has 0 heterocycles. The Bertz CT molecular complexity index is 574. The summed E-state index contributed by atoms with van der Waals surface area (Å²) in [6.07, 6.45) is 0. The normalized spacial score (nSPS) is 11.0. The first-order chi connectivity index (χ1) is 10.8. The molecule has 0 N–H and O–H groups in total. The van der Waals surface area contributed by atoms with E-state index in [0.29, 0.717) is 39.6 Å². The van der Waals surface area contributed by atoms with Crippen molar-refractivity contribution in [1.82, 2.24) is 0 Å². The first-order valence-electron chi connectivity index (χ1n) is 7.26. The molecule has 2 aromatic rings. The van der Waals surface area contributed by atoms with Crippen molar-refractivity contribution in [3.05, 3.63) is 40.9 Å². The summed E-state index contributed by atoms with van der Waals surface area (Å²) in [5.41, 5.74) is 0. The molecule has 120 valence electrons. The maximum absolute atomic E-state index is 5.69. The molecule has 4 nitrogen and oxygen atoms in total. The molecule has 0 saturated heterocycles. The smallest absolute Gasteiger partial charge is 0.120 e. The predicted octanol–water partition coefficient (Wildman–Crippen LogP) is 3.66. The van der Waals surface area contributed by atoms with Crippen molar-refractivity contribution < 1.29 is 18.9 Å². The molecule has 0 aliphatic heterocycles. The lowest BCUT2D eigenvalue weighted by atomic mass is 10.1. The molecule has 0 radical (unpaired) electrons. The van der Waals surface area contributed by atoms with E-state index in [1.807, 2.05) is 18.2 Å². The summed E-state index contributed by atoms with van der Waals surface area (Å²) >= 11 is 3.47. The van der Waals surface area contributed by atoms with Crippen LogP contribution in [0.3, 0.4) is 0 Å². The minimum Gasteiger partial charge on any atom is -0.491 e. The highest BCUT2D eigenvalue weighted by atomic mass is 79.9. The third-order valence-electron chi connectivity index (χ3n) is 3.07. The van der Waals surface area contributed by atoms with Crippen molar-refractivity contribution in [3.8, 4) is 5.75 Å². The number of halogens is 1. The summed E-state index contributed by atoms with van der Waals surface area (Å²) < 4.78 is 22.4. The number of ether oxygens (including phenoxy) is 4. The van der Waals surface area contributed by atoms with E-state index in [1.165, 1.54) is 5.39 Å². The molecule has 0 spiro atoms. The Morgan fingerprint density at radius 3 is 2.18 bits per heavy atom. The van der Waals surface area contributed by atoms with Crippen LogP contribution in [0.4, 0.5) is 0 Å². The maximum atomic E-state index is 5.69. The molecule has 0 unspecified atom stereocenters. The van der Waals surface area contributed by atoms with Crippen molar-refractivity contribution in [2.45, 2.75) is 0 Å². The Balaban J connectivity index is 1.64. The highest BCUT2D eigenvalue weighted by Crippen LogP contribution is 2.24. The molecule has 0 bridgehead atoms. The van der Waals surface area contributed by atoms with E-state index in [2.05, 4.69) is 34.1 Å². The van der Waals surface area contributed by atoms with Gasteiger partial charge in [-0.15, -0.1) is 0 Å². The van der Waals surface area contributed by atoms with Crippen LogP contribution in [0, 0.1) is 0 Å². The second-order valence-electron chi connectivity index (χ2n) is 4.72. The summed E-state index contributed by atoms with van der Waals surface area (Å²) in [7, 11) is 1.66.